The average molecular weight is 462 g/mol. The lowest BCUT2D eigenvalue weighted by atomic mass is 9.96. The first-order valence-electron chi connectivity index (χ1n) is 10.5. The van der Waals surface area contributed by atoms with E-state index in [-0.39, 0.29) is 24.5 Å². The van der Waals surface area contributed by atoms with Crippen molar-refractivity contribution in [3.63, 3.8) is 0 Å². The Bertz CT molecular complexity index is 1250. The van der Waals surface area contributed by atoms with Gasteiger partial charge in [-0.3, -0.25) is 14.4 Å². The van der Waals surface area contributed by atoms with Crippen molar-refractivity contribution in [3.8, 4) is 17.0 Å². The van der Waals surface area contributed by atoms with Gasteiger partial charge in [0.1, 0.15) is 0 Å². The molecule has 0 fully saturated rings. The molecule has 7 heteroatoms. The first-order chi connectivity index (χ1) is 15.8. The molecule has 2 aliphatic rings. The molecule has 0 spiro atoms. The topological polar surface area (TPSA) is 85.6 Å². The minimum Gasteiger partial charge on any atom is -0.481 e. The van der Waals surface area contributed by atoms with E-state index in [4.69, 9.17) is 4.74 Å². The van der Waals surface area contributed by atoms with Crippen LogP contribution in [0.25, 0.3) is 11.1 Å². The molecule has 0 radical (unpaired) electrons. The third kappa shape index (κ3) is 4.88. The number of carbonyl (C=O) groups excluding carboxylic acids is 2. The summed E-state index contributed by atoms with van der Waals surface area (Å²) < 4.78 is 6.96. The minimum atomic E-state index is -0.980. The predicted octanol–water partition coefficient (Wildman–Crippen LogP) is 5.28. The summed E-state index contributed by atoms with van der Waals surface area (Å²) in [6, 6.07) is 16.1. The second-order valence-corrected chi connectivity index (χ2v) is 8.75. The molecule has 1 atom stereocenters. The van der Waals surface area contributed by atoms with Crippen molar-refractivity contribution in [3.05, 3.63) is 87.7 Å². The highest BCUT2D eigenvalue weighted by atomic mass is 32.1. The van der Waals surface area contributed by atoms with Crippen molar-refractivity contribution >= 4 is 29.1 Å². The van der Waals surface area contributed by atoms with Gasteiger partial charge in [-0.1, -0.05) is 35.9 Å². The van der Waals surface area contributed by atoms with E-state index < -0.39 is 17.9 Å². The van der Waals surface area contributed by atoms with Crippen molar-refractivity contribution in [2.75, 3.05) is 0 Å². The Hall–Kier alpha value is -3.71. The van der Waals surface area contributed by atoms with Crippen molar-refractivity contribution in [1.82, 2.24) is 4.57 Å². The number of ketones is 1. The van der Waals surface area contributed by atoms with Crippen LogP contribution in [0.4, 0.5) is 0 Å². The number of hydrogen-bond donors (Lipinski definition) is 1. The van der Waals surface area contributed by atoms with Crippen LogP contribution in [0.15, 0.2) is 65.4 Å². The SMILES string of the molecule is Cc1ccc(C(=O)c2ccc(OC(=O)CCC(C(=O)O)c3cc4ccscc-4c3)n2C)cc1. The Morgan fingerprint density at radius 2 is 1.76 bits per heavy atom. The van der Waals surface area contributed by atoms with E-state index in [1.54, 1.807) is 42.6 Å². The largest absolute Gasteiger partial charge is 0.481 e. The number of nitrogens with zero attached hydrogens (tertiary/aromatic N) is 1. The molecule has 168 valence electrons. The molecule has 1 aromatic heterocycles. The zero-order chi connectivity index (χ0) is 23.5. The van der Waals surface area contributed by atoms with Gasteiger partial charge in [0.15, 0.2) is 0 Å². The molecule has 0 saturated heterocycles. The van der Waals surface area contributed by atoms with Gasteiger partial charge in [0.2, 0.25) is 11.7 Å². The van der Waals surface area contributed by atoms with Crippen LogP contribution in [-0.2, 0) is 16.6 Å². The lowest BCUT2D eigenvalue weighted by Crippen LogP contribution is -2.16. The highest BCUT2D eigenvalue weighted by Crippen LogP contribution is 2.33. The van der Waals surface area contributed by atoms with Crippen LogP contribution < -0.4 is 4.74 Å². The van der Waals surface area contributed by atoms with Crippen LogP contribution in [0, 0.1) is 6.92 Å². The average Bonchev–Trinajstić information content (AvgIpc) is 3.37. The molecule has 2 heterocycles. The molecular formula is C26H23NO5S. The predicted molar refractivity (Wildman–Crippen MR) is 126 cm³/mol. The quantitative estimate of drug-likeness (QED) is 0.285. The van der Waals surface area contributed by atoms with Gasteiger partial charge in [-0.2, -0.15) is 11.3 Å². The molecule has 2 aromatic rings. The van der Waals surface area contributed by atoms with E-state index in [1.165, 1.54) is 4.57 Å². The summed E-state index contributed by atoms with van der Waals surface area (Å²) in [5.41, 5.74) is 4.64. The van der Waals surface area contributed by atoms with Crippen molar-refractivity contribution in [2.24, 2.45) is 7.05 Å². The molecular weight excluding hydrogens is 438 g/mol. The second kappa shape index (κ2) is 9.42. The highest BCUT2D eigenvalue weighted by Gasteiger charge is 2.24. The Kier molecular flexibility index (Phi) is 6.42. The molecule has 1 aromatic carbocycles. The Morgan fingerprint density at radius 3 is 2.45 bits per heavy atom. The van der Waals surface area contributed by atoms with E-state index in [0.717, 1.165) is 16.7 Å². The number of benzene rings is 1. The summed E-state index contributed by atoms with van der Waals surface area (Å²) in [7, 11) is 1.65. The van der Waals surface area contributed by atoms with Crippen LogP contribution in [0.2, 0.25) is 0 Å². The number of esters is 1. The molecule has 6 nitrogen and oxygen atoms in total. The van der Waals surface area contributed by atoms with E-state index >= 15 is 0 Å². The maximum Gasteiger partial charge on any atom is 0.312 e. The lowest BCUT2D eigenvalue weighted by Gasteiger charge is -2.11. The zero-order valence-corrected chi connectivity index (χ0v) is 19.1. The molecule has 1 aliphatic heterocycles. The summed E-state index contributed by atoms with van der Waals surface area (Å²) in [4.78, 5) is 37.1. The van der Waals surface area contributed by atoms with Gasteiger partial charge in [-0.25, -0.2) is 0 Å². The summed E-state index contributed by atoms with van der Waals surface area (Å²) in [6.07, 6.45) is 0.0566. The first-order valence-corrected chi connectivity index (χ1v) is 11.4. The van der Waals surface area contributed by atoms with E-state index in [1.807, 2.05) is 48.0 Å². The third-order valence-corrected chi connectivity index (χ3v) is 6.36. The fourth-order valence-corrected chi connectivity index (χ4v) is 4.43. The fraction of sp³-hybridized carbons (Fsp3) is 0.192. The molecule has 0 saturated carbocycles. The van der Waals surface area contributed by atoms with Crippen LogP contribution in [0.3, 0.4) is 0 Å². The van der Waals surface area contributed by atoms with Gasteiger partial charge < -0.3 is 14.4 Å². The van der Waals surface area contributed by atoms with Gasteiger partial charge in [0.25, 0.3) is 0 Å². The first kappa shape index (κ1) is 22.5. The van der Waals surface area contributed by atoms with Crippen LogP contribution in [0.5, 0.6) is 5.88 Å². The number of carboxylic acid groups (broad SMARTS) is 1. The smallest absolute Gasteiger partial charge is 0.312 e. The van der Waals surface area contributed by atoms with Crippen molar-refractivity contribution in [1.29, 1.82) is 0 Å². The molecule has 4 rings (SSSR count). The lowest BCUT2D eigenvalue weighted by molar-refractivity contribution is -0.139. The highest BCUT2D eigenvalue weighted by molar-refractivity contribution is 7.07. The number of aromatic nitrogens is 1. The summed E-state index contributed by atoms with van der Waals surface area (Å²) in [6.45, 7) is 1.95. The summed E-state index contributed by atoms with van der Waals surface area (Å²) >= 11 is 1.54. The van der Waals surface area contributed by atoms with Crippen molar-refractivity contribution in [2.45, 2.75) is 25.7 Å². The molecule has 1 N–H and O–H groups in total. The Morgan fingerprint density at radius 1 is 1.03 bits per heavy atom. The van der Waals surface area contributed by atoms with Crippen LogP contribution in [-0.4, -0.2) is 27.4 Å². The van der Waals surface area contributed by atoms with Crippen molar-refractivity contribution < 1.29 is 24.2 Å². The number of fused-ring (bicyclic) bond motifs is 1. The Balaban J connectivity index is 1.42. The number of aliphatic carboxylic acids is 1. The molecule has 33 heavy (non-hydrogen) atoms. The van der Waals surface area contributed by atoms with Gasteiger partial charge in [0.05, 0.1) is 11.6 Å². The monoisotopic (exact) mass is 461 g/mol. The van der Waals surface area contributed by atoms with Gasteiger partial charge in [-0.05, 0) is 59.0 Å². The zero-order valence-electron chi connectivity index (χ0n) is 18.3. The number of ether oxygens (including phenoxy) is 1. The van der Waals surface area contributed by atoms with E-state index in [2.05, 4.69) is 0 Å². The third-order valence-electron chi connectivity index (χ3n) is 5.68. The van der Waals surface area contributed by atoms with Gasteiger partial charge in [0, 0.05) is 25.1 Å². The fourth-order valence-electron chi connectivity index (χ4n) is 3.78. The van der Waals surface area contributed by atoms with Crippen LogP contribution >= 0.6 is 11.3 Å². The normalized spacial score (nSPS) is 11.9. The molecule has 1 aliphatic carbocycles. The van der Waals surface area contributed by atoms with Gasteiger partial charge in [-0.15, -0.1) is 0 Å². The van der Waals surface area contributed by atoms with E-state index in [9.17, 15) is 19.5 Å². The standard InChI is InChI=1S/C26H23NO5S/c1-16-3-5-17(6-4-16)25(29)22-8-9-23(27(22)2)32-24(28)10-7-21(26(30)31)19-13-18-11-12-33-15-20(18)14-19/h3-6,8-9,11-15,21H,7,10H2,1-2H3,(H,30,31). The molecule has 0 bridgehead atoms. The number of hydrogen-bond acceptors (Lipinski definition) is 5. The number of rotatable bonds is 8. The maximum absolute atomic E-state index is 12.8. The number of carbonyl (C=O) groups is 3. The number of carboxylic acids is 1. The van der Waals surface area contributed by atoms with Crippen LogP contribution in [0.1, 0.15) is 45.9 Å². The minimum absolute atomic E-state index is 0.0620. The summed E-state index contributed by atoms with van der Waals surface area (Å²) in [5.74, 6) is -2.26. The van der Waals surface area contributed by atoms with Gasteiger partial charge >= 0.3 is 11.9 Å². The molecule has 0 amide bonds. The number of aryl methyl sites for hydroxylation is 1. The maximum atomic E-state index is 12.8. The summed E-state index contributed by atoms with van der Waals surface area (Å²) in [5, 5.41) is 13.6. The molecule has 1 unspecified atom stereocenters. The van der Waals surface area contributed by atoms with E-state index in [0.29, 0.717) is 16.8 Å². The Labute approximate surface area is 195 Å². The second-order valence-electron chi connectivity index (χ2n) is 7.97.